The maximum atomic E-state index is 11.2. The Morgan fingerprint density at radius 2 is 2.07 bits per heavy atom. The van der Waals surface area contributed by atoms with E-state index in [1.165, 1.54) is 0 Å². The van der Waals surface area contributed by atoms with Gasteiger partial charge in [-0.25, -0.2) is 0 Å². The van der Waals surface area contributed by atoms with Gasteiger partial charge in [-0.3, -0.25) is 9.59 Å². The minimum Gasteiger partial charge on any atom is -0.466 e. The predicted octanol–water partition coefficient (Wildman–Crippen LogP) is 1.20. The quantitative estimate of drug-likeness (QED) is 0.671. The molecule has 0 aliphatic heterocycles. The molecule has 1 atom stereocenters. The Morgan fingerprint density at radius 1 is 1.40 bits per heavy atom. The molecule has 1 N–H and O–H groups in total. The number of ether oxygens (including phenoxy) is 1. The minimum atomic E-state index is -0.314. The van der Waals surface area contributed by atoms with E-state index in [1.807, 2.05) is 13.2 Å². The molecule has 0 saturated heterocycles. The van der Waals surface area contributed by atoms with Crippen LogP contribution >= 0.6 is 11.8 Å². The predicted molar refractivity (Wildman–Crippen MR) is 61.9 cm³/mol. The number of hydrogen-bond acceptors (Lipinski definition) is 4. The molecule has 15 heavy (non-hydrogen) atoms. The third-order valence-corrected chi connectivity index (χ3v) is 2.82. The Hall–Kier alpha value is -0.710. The maximum Gasteiger partial charge on any atom is 0.306 e. The number of rotatable bonds is 7. The van der Waals surface area contributed by atoms with Gasteiger partial charge in [0.2, 0.25) is 5.91 Å². The summed E-state index contributed by atoms with van der Waals surface area (Å²) in [5.41, 5.74) is 0. The van der Waals surface area contributed by atoms with Crippen LogP contribution < -0.4 is 5.32 Å². The Labute approximate surface area is 95.1 Å². The van der Waals surface area contributed by atoms with Crippen LogP contribution in [0.4, 0.5) is 0 Å². The summed E-state index contributed by atoms with van der Waals surface area (Å²) in [6.07, 6.45) is 2.36. The zero-order chi connectivity index (χ0) is 11.7. The summed E-state index contributed by atoms with van der Waals surface area (Å²) in [4.78, 5) is 22.2. The second kappa shape index (κ2) is 8.59. The molecular formula is C10H19NO3S. The summed E-state index contributed by atoms with van der Waals surface area (Å²) in [5, 5.41) is 3.16. The highest BCUT2D eigenvalue weighted by molar-refractivity contribution is 7.99. The van der Waals surface area contributed by atoms with Gasteiger partial charge in [0.25, 0.3) is 0 Å². The van der Waals surface area contributed by atoms with Crippen molar-refractivity contribution < 1.29 is 14.3 Å². The van der Waals surface area contributed by atoms with E-state index in [0.717, 1.165) is 0 Å². The zero-order valence-electron chi connectivity index (χ0n) is 9.54. The van der Waals surface area contributed by atoms with Crippen LogP contribution in [0.5, 0.6) is 0 Å². The van der Waals surface area contributed by atoms with Crippen LogP contribution in [0.3, 0.4) is 0 Å². The van der Waals surface area contributed by atoms with Crippen LogP contribution in [-0.2, 0) is 14.3 Å². The molecule has 1 amide bonds. The summed E-state index contributed by atoms with van der Waals surface area (Å²) < 4.78 is 4.72. The van der Waals surface area contributed by atoms with Gasteiger partial charge in [-0.05, 0) is 13.2 Å². The largest absolute Gasteiger partial charge is 0.466 e. The molecule has 0 aliphatic rings. The van der Waals surface area contributed by atoms with Gasteiger partial charge in [0.1, 0.15) is 0 Å². The minimum absolute atomic E-state index is 0.0936. The molecule has 0 radical (unpaired) electrons. The molecule has 0 aromatic carbocycles. The molecule has 4 nitrogen and oxygen atoms in total. The molecule has 0 fully saturated rings. The molecule has 88 valence electrons. The lowest BCUT2D eigenvalue weighted by Crippen LogP contribution is -2.29. The second-order valence-electron chi connectivity index (χ2n) is 3.16. The monoisotopic (exact) mass is 233 g/mol. The molecule has 1 unspecified atom stereocenters. The lowest BCUT2D eigenvalue weighted by molar-refractivity contribution is -0.144. The highest BCUT2D eigenvalue weighted by Crippen LogP contribution is 2.02. The van der Waals surface area contributed by atoms with E-state index in [1.54, 1.807) is 18.7 Å². The van der Waals surface area contributed by atoms with E-state index in [0.29, 0.717) is 18.4 Å². The second-order valence-corrected chi connectivity index (χ2v) is 4.43. The van der Waals surface area contributed by atoms with Crippen molar-refractivity contribution in [2.24, 2.45) is 0 Å². The molecule has 0 aliphatic carbocycles. The van der Waals surface area contributed by atoms with Crippen molar-refractivity contribution in [1.82, 2.24) is 5.32 Å². The highest BCUT2D eigenvalue weighted by atomic mass is 32.2. The topological polar surface area (TPSA) is 55.4 Å². The lowest BCUT2D eigenvalue weighted by atomic mass is 10.3. The van der Waals surface area contributed by atoms with Gasteiger partial charge in [-0.15, -0.1) is 0 Å². The summed E-state index contributed by atoms with van der Waals surface area (Å²) >= 11 is 1.69. The standard InChI is InChI=1S/C10H19NO3S/c1-4-14-10(13)6-5-9(12)11-7-8(2)15-3/h8H,4-7H2,1-3H3,(H,11,12). The maximum absolute atomic E-state index is 11.2. The zero-order valence-corrected chi connectivity index (χ0v) is 10.4. The normalized spacial score (nSPS) is 11.9. The van der Waals surface area contributed by atoms with E-state index in [9.17, 15) is 9.59 Å². The van der Waals surface area contributed by atoms with Gasteiger partial charge in [0.05, 0.1) is 13.0 Å². The first-order valence-corrected chi connectivity index (χ1v) is 6.34. The number of esters is 1. The van der Waals surface area contributed by atoms with Gasteiger partial charge < -0.3 is 10.1 Å². The third-order valence-electron chi connectivity index (χ3n) is 1.85. The lowest BCUT2D eigenvalue weighted by Gasteiger charge is -2.09. The highest BCUT2D eigenvalue weighted by Gasteiger charge is 2.08. The van der Waals surface area contributed by atoms with Crippen LogP contribution in [0.2, 0.25) is 0 Å². The molecule has 0 aromatic heterocycles. The molecule has 0 aromatic rings. The average molecular weight is 233 g/mol. The van der Waals surface area contributed by atoms with E-state index < -0.39 is 0 Å². The van der Waals surface area contributed by atoms with Crippen LogP contribution in [0.25, 0.3) is 0 Å². The first-order valence-electron chi connectivity index (χ1n) is 5.05. The molecular weight excluding hydrogens is 214 g/mol. The number of hydrogen-bond donors (Lipinski definition) is 1. The number of carbonyl (C=O) groups is 2. The molecule has 5 heteroatoms. The summed E-state index contributed by atoms with van der Waals surface area (Å²) in [7, 11) is 0. The Kier molecular flexibility index (Phi) is 8.18. The third kappa shape index (κ3) is 8.30. The van der Waals surface area contributed by atoms with Crippen LogP contribution in [-0.4, -0.2) is 36.5 Å². The van der Waals surface area contributed by atoms with Crippen molar-refractivity contribution in [3.63, 3.8) is 0 Å². The summed E-state index contributed by atoms with van der Waals surface area (Å²) in [6, 6.07) is 0. The fraction of sp³-hybridized carbons (Fsp3) is 0.800. The van der Waals surface area contributed by atoms with Gasteiger partial charge in [-0.2, -0.15) is 11.8 Å². The van der Waals surface area contributed by atoms with Crippen molar-refractivity contribution in [3.8, 4) is 0 Å². The smallest absolute Gasteiger partial charge is 0.306 e. The fourth-order valence-electron chi connectivity index (χ4n) is 0.878. The van der Waals surface area contributed by atoms with Gasteiger partial charge in [0, 0.05) is 18.2 Å². The van der Waals surface area contributed by atoms with Crippen molar-refractivity contribution in [3.05, 3.63) is 0 Å². The first kappa shape index (κ1) is 14.3. The van der Waals surface area contributed by atoms with Crippen LogP contribution in [0, 0.1) is 0 Å². The molecule has 0 heterocycles. The van der Waals surface area contributed by atoms with E-state index in [2.05, 4.69) is 5.32 Å². The average Bonchev–Trinajstić information content (AvgIpc) is 2.23. The first-order chi connectivity index (χ1) is 7.10. The van der Waals surface area contributed by atoms with Gasteiger partial charge in [0.15, 0.2) is 0 Å². The van der Waals surface area contributed by atoms with Gasteiger partial charge >= 0.3 is 5.97 Å². The SMILES string of the molecule is CCOC(=O)CCC(=O)NCC(C)SC. The van der Waals surface area contributed by atoms with Crippen molar-refractivity contribution >= 4 is 23.6 Å². The molecule has 0 saturated carbocycles. The number of carbonyl (C=O) groups excluding carboxylic acids is 2. The Bertz CT molecular complexity index is 209. The molecule has 0 bridgehead atoms. The van der Waals surface area contributed by atoms with E-state index in [4.69, 9.17) is 4.74 Å². The summed E-state index contributed by atoms with van der Waals surface area (Å²) in [6.45, 7) is 4.79. The van der Waals surface area contributed by atoms with Crippen molar-refractivity contribution in [1.29, 1.82) is 0 Å². The van der Waals surface area contributed by atoms with Crippen LogP contribution in [0.1, 0.15) is 26.7 Å². The number of thioether (sulfide) groups is 1. The number of nitrogens with one attached hydrogen (secondary N) is 1. The fourth-order valence-corrected chi connectivity index (χ4v) is 1.13. The summed E-state index contributed by atoms with van der Waals surface area (Å²) in [5.74, 6) is -0.408. The van der Waals surface area contributed by atoms with Gasteiger partial charge in [-0.1, -0.05) is 6.92 Å². The Morgan fingerprint density at radius 3 is 2.60 bits per heavy atom. The van der Waals surface area contributed by atoms with E-state index >= 15 is 0 Å². The molecule has 0 rings (SSSR count). The molecule has 0 spiro atoms. The number of amides is 1. The Balaban J connectivity index is 3.53. The van der Waals surface area contributed by atoms with Crippen molar-refractivity contribution in [2.45, 2.75) is 31.9 Å². The van der Waals surface area contributed by atoms with Crippen molar-refractivity contribution in [2.75, 3.05) is 19.4 Å². The van der Waals surface area contributed by atoms with E-state index in [-0.39, 0.29) is 24.7 Å². The van der Waals surface area contributed by atoms with Crippen LogP contribution in [0.15, 0.2) is 0 Å².